The van der Waals surface area contributed by atoms with Crippen LogP contribution in [0.15, 0.2) is 18.2 Å². The van der Waals surface area contributed by atoms with Crippen LogP contribution in [0.4, 0.5) is 27.9 Å². The van der Waals surface area contributed by atoms with E-state index in [0.29, 0.717) is 36.1 Å². The maximum absolute atomic E-state index is 14.1. The molecule has 1 aromatic heterocycles. The third-order valence-electron chi connectivity index (χ3n) is 5.07. The van der Waals surface area contributed by atoms with Crippen LogP contribution in [0.1, 0.15) is 38.5 Å². The lowest BCUT2D eigenvalue weighted by molar-refractivity contribution is 0.386. The standard InChI is InChI=1S/C21H32FN7O/c1-29(2)13-12-23-19-26-20(24-15-8-6-4-5-7-9-15)28-21(27-19)25-16-10-11-18(30-3)17(22)14-16/h10-11,14-15H,4-9,12-13H2,1-3H3,(H3,23,24,25,26,27,28). The van der Waals surface area contributed by atoms with Gasteiger partial charge in [0.15, 0.2) is 11.6 Å². The van der Waals surface area contributed by atoms with Gasteiger partial charge in [-0.3, -0.25) is 0 Å². The van der Waals surface area contributed by atoms with Crippen LogP contribution in [-0.4, -0.2) is 60.2 Å². The smallest absolute Gasteiger partial charge is 0.233 e. The summed E-state index contributed by atoms with van der Waals surface area (Å²) in [6.45, 7) is 1.56. The second-order valence-electron chi connectivity index (χ2n) is 7.84. The average molecular weight is 418 g/mol. The van der Waals surface area contributed by atoms with Crippen molar-refractivity contribution < 1.29 is 9.13 Å². The zero-order valence-corrected chi connectivity index (χ0v) is 18.0. The number of hydrogen-bond donors (Lipinski definition) is 3. The minimum absolute atomic E-state index is 0.193. The Morgan fingerprint density at radius 1 is 1.03 bits per heavy atom. The van der Waals surface area contributed by atoms with Crippen molar-refractivity contribution in [3.05, 3.63) is 24.0 Å². The largest absolute Gasteiger partial charge is 0.494 e. The van der Waals surface area contributed by atoms with Crippen molar-refractivity contribution in [2.45, 2.75) is 44.6 Å². The van der Waals surface area contributed by atoms with E-state index in [1.165, 1.54) is 38.9 Å². The minimum atomic E-state index is -0.447. The highest BCUT2D eigenvalue weighted by Crippen LogP contribution is 2.24. The maximum atomic E-state index is 14.1. The van der Waals surface area contributed by atoms with Crippen LogP contribution < -0.4 is 20.7 Å². The molecule has 2 aromatic rings. The number of halogens is 1. The summed E-state index contributed by atoms with van der Waals surface area (Å²) >= 11 is 0. The lowest BCUT2D eigenvalue weighted by atomic mass is 10.1. The highest BCUT2D eigenvalue weighted by Gasteiger charge is 2.15. The molecule has 8 nitrogen and oxygen atoms in total. The molecule has 1 aliphatic rings. The van der Waals surface area contributed by atoms with Crippen molar-refractivity contribution in [2.75, 3.05) is 50.2 Å². The summed E-state index contributed by atoms with van der Waals surface area (Å²) in [6.07, 6.45) is 7.22. The molecule has 3 rings (SSSR count). The molecule has 164 valence electrons. The average Bonchev–Trinajstić information content (AvgIpc) is 2.96. The van der Waals surface area contributed by atoms with Gasteiger partial charge in [-0.25, -0.2) is 4.39 Å². The van der Waals surface area contributed by atoms with E-state index in [4.69, 9.17) is 4.74 Å². The van der Waals surface area contributed by atoms with Gasteiger partial charge in [0.25, 0.3) is 0 Å². The summed E-state index contributed by atoms with van der Waals surface area (Å²) in [4.78, 5) is 15.6. The Hall–Kier alpha value is -2.68. The molecule has 0 amide bonds. The van der Waals surface area contributed by atoms with Gasteiger partial charge in [0.1, 0.15) is 0 Å². The van der Waals surface area contributed by atoms with Gasteiger partial charge in [-0.05, 0) is 39.1 Å². The molecule has 0 unspecified atom stereocenters. The van der Waals surface area contributed by atoms with E-state index in [9.17, 15) is 4.39 Å². The Bertz CT molecular complexity index is 810. The molecule has 0 radical (unpaired) electrons. The number of ether oxygens (including phenoxy) is 1. The number of likely N-dealkylation sites (N-methyl/N-ethyl adjacent to an activating group) is 1. The first kappa shape index (κ1) is 22.0. The third kappa shape index (κ3) is 6.69. The molecule has 0 spiro atoms. The Kier molecular flexibility index (Phi) is 8.01. The molecule has 1 saturated carbocycles. The van der Waals surface area contributed by atoms with Crippen LogP contribution in [0.25, 0.3) is 0 Å². The van der Waals surface area contributed by atoms with Crippen molar-refractivity contribution >= 4 is 23.5 Å². The van der Waals surface area contributed by atoms with Crippen molar-refractivity contribution in [2.24, 2.45) is 0 Å². The third-order valence-corrected chi connectivity index (χ3v) is 5.07. The van der Waals surface area contributed by atoms with Gasteiger partial charge < -0.3 is 25.6 Å². The molecule has 1 fully saturated rings. The molecular weight excluding hydrogens is 385 g/mol. The van der Waals surface area contributed by atoms with Gasteiger partial charge in [0.05, 0.1) is 7.11 Å². The van der Waals surface area contributed by atoms with Crippen LogP contribution in [0, 0.1) is 5.82 Å². The lowest BCUT2D eigenvalue weighted by Crippen LogP contribution is -2.23. The summed E-state index contributed by atoms with van der Waals surface area (Å²) in [5.41, 5.74) is 0.541. The van der Waals surface area contributed by atoms with Crippen molar-refractivity contribution in [1.82, 2.24) is 19.9 Å². The number of nitrogens with one attached hydrogen (secondary N) is 3. The first-order valence-electron chi connectivity index (χ1n) is 10.6. The fourth-order valence-electron chi connectivity index (χ4n) is 3.45. The SMILES string of the molecule is COc1ccc(Nc2nc(NCCN(C)C)nc(NC3CCCCCC3)n2)cc1F. The number of anilines is 4. The van der Waals surface area contributed by atoms with E-state index in [0.717, 1.165) is 19.4 Å². The van der Waals surface area contributed by atoms with E-state index >= 15 is 0 Å². The second-order valence-corrected chi connectivity index (χ2v) is 7.84. The normalized spacial score (nSPS) is 15.0. The highest BCUT2D eigenvalue weighted by molar-refractivity contribution is 5.57. The van der Waals surface area contributed by atoms with E-state index < -0.39 is 5.82 Å². The zero-order chi connectivity index (χ0) is 21.3. The molecule has 1 aliphatic carbocycles. The van der Waals surface area contributed by atoms with Crippen molar-refractivity contribution in [3.8, 4) is 5.75 Å². The number of hydrogen-bond acceptors (Lipinski definition) is 8. The van der Waals surface area contributed by atoms with E-state index in [1.54, 1.807) is 12.1 Å². The molecule has 9 heteroatoms. The van der Waals surface area contributed by atoms with E-state index in [2.05, 4.69) is 35.8 Å². The summed E-state index contributed by atoms with van der Waals surface area (Å²) in [7, 11) is 5.47. The minimum Gasteiger partial charge on any atom is -0.494 e. The van der Waals surface area contributed by atoms with Crippen LogP contribution in [0.3, 0.4) is 0 Å². The van der Waals surface area contributed by atoms with Crippen molar-refractivity contribution in [3.63, 3.8) is 0 Å². The Morgan fingerprint density at radius 3 is 2.40 bits per heavy atom. The van der Waals surface area contributed by atoms with Gasteiger partial charge in [0, 0.05) is 30.9 Å². The molecule has 0 bridgehead atoms. The molecule has 3 N–H and O–H groups in total. The Balaban J connectivity index is 1.78. The fraction of sp³-hybridized carbons (Fsp3) is 0.571. The highest BCUT2D eigenvalue weighted by atomic mass is 19.1. The topological polar surface area (TPSA) is 87.2 Å². The zero-order valence-electron chi connectivity index (χ0n) is 18.0. The van der Waals surface area contributed by atoms with Gasteiger partial charge in [-0.15, -0.1) is 0 Å². The van der Waals surface area contributed by atoms with Gasteiger partial charge in [0.2, 0.25) is 17.8 Å². The lowest BCUT2D eigenvalue weighted by Gasteiger charge is -2.18. The fourth-order valence-corrected chi connectivity index (χ4v) is 3.45. The summed E-state index contributed by atoms with van der Waals surface area (Å²) in [5, 5.41) is 9.79. The predicted octanol–water partition coefficient (Wildman–Crippen LogP) is 3.87. The summed E-state index contributed by atoms with van der Waals surface area (Å²) in [6, 6.07) is 5.01. The van der Waals surface area contributed by atoms with Gasteiger partial charge in [-0.1, -0.05) is 25.7 Å². The number of rotatable bonds is 9. The quantitative estimate of drug-likeness (QED) is 0.530. The van der Waals surface area contributed by atoms with Gasteiger partial charge in [-0.2, -0.15) is 15.0 Å². The van der Waals surface area contributed by atoms with E-state index in [1.807, 2.05) is 14.1 Å². The molecule has 1 heterocycles. The number of nitrogens with zero attached hydrogens (tertiary/aromatic N) is 4. The molecule has 1 aromatic carbocycles. The van der Waals surface area contributed by atoms with Gasteiger partial charge >= 0.3 is 0 Å². The summed E-state index contributed by atoms with van der Waals surface area (Å²) in [5.74, 6) is 1.12. The van der Waals surface area contributed by atoms with Crippen LogP contribution >= 0.6 is 0 Å². The number of benzene rings is 1. The molecule has 30 heavy (non-hydrogen) atoms. The van der Waals surface area contributed by atoms with Crippen LogP contribution in [0.2, 0.25) is 0 Å². The van der Waals surface area contributed by atoms with E-state index in [-0.39, 0.29) is 5.75 Å². The molecule has 0 aliphatic heterocycles. The maximum Gasteiger partial charge on any atom is 0.233 e. The number of aromatic nitrogens is 3. The Labute approximate surface area is 177 Å². The van der Waals surface area contributed by atoms with Crippen LogP contribution in [-0.2, 0) is 0 Å². The molecule has 0 atom stereocenters. The first-order valence-corrected chi connectivity index (χ1v) is 10.6. The second kappa shape index (κ2) is 10.9. The first-order chi connectivity index (χ1) is 14.5. The Morgan fingerprint density at radius 2 is 1.73 bits per heavy atom. The molecular formula is C21H32FN7O. The monoisotopic (exact) mass is 417 g/mol. The van der Waals surface area contributed by atoms with Crippen molar-refractivity contribution in [1.29, 1.82) is 0 Å². The summed E-state index contributed by atoms with van der Waals surface area (Å²) < 4.78 is 19.0. The predicted molar refractivity (Wildman–Crippen MR) is 118 cm³/mol. The number of methoxy groups -OCH3 is 1. The molecule has 0 saturated heterocycles. The van der Waals surface area contributed by atoms with Crippen LogP contribution in [0.5, 0.6) is 5.75 Å².